The Morgan fingerprint density at radius 2 is 1.00 bits per heavy atom. The minimum absolute atomic E-state index is 0.603. The average molecular weight is 316 g/mol. The molecule has 0 bridgehead atoms. The average Bonchev–Trinajstić information content (AvgIpc) is 2.55. The van der Waals surface area contributed by atoms with Crippen molar-refractivity contribution in [3.05, 3.63) is 0 Å². The van der Waals surface area contributed by atoms with Crippen LogP contribution in [0.3, 0.4) is 0 Å². The smallest absolute Gasteiger partial charge is 0.261 e. The molecule has 2 N–H and O–H groups in total. The van der Waals surface area contributed by atoms with Gasteiger partial charge in [0.25, 0.3) is 11.6 Å². The number of piperidine rings is 2. The van der Waals surface area contributed by atoms with Crippen molar-refractivity contribution < 1.29 is 29.5 Å². The van der Waals surface area contributed by atoms with Crippen LogP contribution < -0.4 is 0 Å². The van der Waals surface area contributed by atoms with E-state index in [-0.39, 0.29) is 0 Å². The van der Waals surface area contributed by atoms with Gasteiger partial charge in [-0.1, -0.05) is 12.8 Å². The number of aliphatic hydroxyl groups is 2. The molecule has 0 spiro atoms. The molecule has 2 saturated heterocycles. The van der Waals surface area contributed by atoms with E-state index in [1.807, 2.05) is 0 Å². The van der Waals surface area contributed by atoms with Crippen LogP contribution in [0, 0.1) is 0 Å². The summed E-state index contributed by atoms with van der Waals surface area (Å²) < 4.78 is 0. The summed E-state index contributed by atoms with van der Waals surface area (Å²) in [6.07, 6.45) is 2.00. The lowest BCUT2D eigenvalue weighted by Crippen LogP contribution is -2.45. The number of rotatable bonds is 7. The predicted molar refractivity (Wildman–Crippen MR) is 75.0 cm³/mol. The van der Waals surface area contributed by atoms with Gasteiger partial charge in [0, 0.05) is 26.2 Å². The number of hydrogen-bond acceptors (Lipinski definition) is 8. The molecular formula is C14H24N2O6. The molecule has 0 aromatic heterocycles. The van der Waals surface area contributed by atoms with Crippen molar-refractivity contribution in [3.8, 4) is 0 Å². The lowest BCUT2D eigenvalue weighted by atomic mass is 10.2. The van der Waals surface area contributed by atoms with Crippen LogP contribution in [0.15, 0.2) is 0 Å². The van der Waals surface area contributed by atoms with Gasteiger partial charge in [-0.05, 0) is 25.7 Å². The van der Waals surface area contributed by atoms with E-state index >= 15 is 0 Å². The van der Waals surface area contributed by atoms with Crippen LogP contribution in [0.1, 0.15) is 38.5 Å². The Labute approximate surface area is 129 Å². The normalized spacial score (nSPS) is 23.9. The largest absolute Gasteiger partial charge is 0.360 e. The van der Waals surface area contributed by atoms with Crippen molar-refractivity contribution in [2.45, 2.75) is 51.1 Å². The highest BCUT2D eigenvalue weighted by atomic mass is 16.8. The highest BCUT2D eigenvalue weighted by molar-refractivity contribution is 6.39. The Morgan fingerprint density at radius 3 is 1.32 bits per heavy atom. The van der Waals surface area contributed by atoms with Gasteiger partial charge in [-0.3, -0.25) is 19.3 Å². The van der Waals surface area contributed by atoms with Gasteiger partial charge in [-0.15, -0.1) is 0 Å². The second-order valence-electron chi connectivity index (χ2n) is 5.62. The second kappa shape index (κ2) is 8.66. The van der Waals surface area contributed by atoms with E-state index in [2.05, 4.69) is 0 Å². The molecular weight excluding hydrogens is 292 g/mol. The number of aliphatic hydroxyl groups excluding tert-OH is 2. The zero-order chi connectivity index (χ0) is 15.9. The highest BCUT2D eigenvalue weighted by Crippen LogP contribution is 2.12. The zero-order valence-corrected chi connectivity index (χ0v) is 12.6. The summed E-state index contributed by atoms with van der Waals surface area (Å²) in [6.45, 7) is 2.41. The fourth-order valence-corrected chi connectivity index (χ4v) is 2.56. The first-order valence-corrected chi connectivity index (χ1v) is 7.85. The molecule has 2 heterocycles. The van der Waals surface area contributed by atoms with Crippen molar-refractivity contribution in [2.24, 2.45) is 0 Å². The predicted octanol–water partition coefficient (Wildman–Crippen LogP) is -0.404. The van der Waals surface area contributed by atoms with Gasteiger partial charge >= 0.3 is 0 Å². The molecule has 2 unspecified atom stereocenters. The quantitative estimate of drug-likeness (QED) is 0.483. The molecule has 8 nitrogen and oxygen atoms in total. The van der Waals surface area contributed by atoms with E-state index in [0.717, 1.165) is 38.5 Å². The Bertz CT molecular complexity index is 344. The fraction of sp³-hybridized carbons (Fsp3) is 0.857. The number of carbonyl (C=O) groups is 2. The first-order chi connectivity index (χ1) is 10.6. The van der Waals surface area contributed by atoms with Crippen molar-refractivity contribution >= 4 is 11.6 Å². The highest BCUT2D eigenvalue weighted by Gasteiger charge is 2.33. The van der Waals surface area contributed by atoms with Crippen LogP contribution in [0.4, 0.5) is 0 Å². The Kier molecular flexibility index (Phi) is 6.87. The fourth-order valence-electron chi connectivity index (χ4n) is 2.56. The van der Waals surface area contributed by atoms with Crippen LogP contribution >= 0.6 is 0 Å². The molecule has 2 fully saturated rings. The van der Waals surface area contributed by atoms with Gasteiger partial charge < -0.3 is 10.2 Å². The number of carbonyl (C=O) groups excluding carboxylic acids is 2. The van der Waals surface area contributed by atoms with Crippen LogP contribution in [-0.2, 0) is 19.3 Å². The zero-order valence-electron chi connectivity index (χ0n) is 12.6. The molecule has 2 atom stereocenters. The van der Waals surface area contributed by atoms with E-state index in [4.69, 9.17) is 9.68 Å². The first kappa shape index (κ1) is 17.5. The molecule has 0 aromatic carbocycles. The molecule has 22 heavy (non-hydrogen) atoms. The van der Waals surface area contributed by atoms with Crippen molar-refractivity contribution in [1.29, 1.82) is 0 Å². The number of Topliss-reactive ketones (excluding diaryl/α,β-unsaturated/α-hetero) is 2. The molecule has 2 aliphatic heterocycles. The first-order valence-electron chi connectivity index (χ1n) is 7.85. The molecule has 126 valence electrons. The van der Waals surface area contributed by atoms with Crippen LogP contribution in [0.25, 0.3) is 0 Å². The van der Waals surface area contributed by atoms with Crippen LogP contribution in [0.2, 0.25) is 0 Å². The van der Waals surface area contributed by atoms with Crippen LogP contribution in [-0.4, -0.2) is 70.7 Å². The topological polar surface area (TPSA) is 99.5 Å². The second-order valence-corrected chi connectivity index (χ2v) is 5.62. The number of nitrogens with zero attached hydrogens (tertiary/aromatic N) is 2. The van der Waals surface area contributed by atoms with Gasteiger partial charge in [0.2, 0.25) is 12.6 Å². The van der Waals surface area contributed by atoms with Crippen molar-refractivity contribution in [2.75, 3.05) is 26.2 Å². The van der Waals surface area contributed by atoms with Crippen molar-refractivity contribution in [1.82, 2.24) is 10.1 Å². The van der Waals surface area contributed by atoms with Gasteiger partial charge in [-0.2, -0.15) is 10.1 Å². The minimum Gasteiger partial charge on any atom is -0.360 e. The van der Waals surface area contributed by atoms with Crippen molar-refractivity contribution in [3.63, 3.8) is 0 Å². The summed E-state index contributed by atoms with van der Waals surface area (Å²) in [4.78, 5) is 33.7. The Morgan fingerprint density at radius 1 is 0.682 bits per heavy atom. The van der Waals surface area contributed by atoms with Gasteiger partial charge in [0.05, 0.1) is 0 Å². The third-order valence-electron chi connectivity index (χ3n) is 3.82. The lowest BCUT2D eigenvalue weighted by Gasteiger charge is -2.28. The molecule has 0 saturated carbocycles. The number of hydroxylamine groups is 4. The lowest BCUT2D eigenvalue weighted by molar-refractivity contribution is -0.269. The maximum atomic E-state index is 11.8. The SMILES string of the molecule is O=C(C(=O)C(O)ON1CCCCC1)C(O)ON1CCCCC1. The van der Waals surface area contributed by atoms with Gasteiger partial charge in [0.15, 0.2) is 0 Å². The van der Waals surface area contributed by atoms with E-state index < -0.39 is 24.1 Å². The molecule has 2 rings (SSSR count). The van der Waals surface area contributed by atoms with Gasteiger partial charge in [-0.25, -0.2) is 0 Å². The molecule has 8 heteroatoms. The van der Waals surface area contributed by atoms with Gasteiger partial charge in [0.1, 0.15) is 0 Å². The summed E-state index contributed by atoms with van der Waals surface area (Å²) in [5.74, 6) is -2.40. The molecule has 0 aromatic rings. The van der Waals surface area contributed by atoms with Crippen LogP contribution in [0.5, 0.6) is 0 Å². The Hall–Kier alpha value is -0.900. The summed E-state index contributed by atoms with van der Waals surface area (Å²) in [5, 5.41) is 22.3. The summed E-state index contributed by atoms with van der Waals surface area (Å²) >= 11 is 0. The minimum atomic E-state index is -1.90. The maximum absolute atomic E-state index is 11.8. The Balaban J connectivity index is 1.77. The summed E-state index contributed by atoms with van der Waals surface area (Å²) in [7, 11) is 0. The standard InChI is InChI=1S/C14H24N2O6/c17-11(13(19)21-15-7-3-1-4-8-15)12(18)14(20)22-16-9-5-2-6-10-16/h13-14,19-20H,1-10H2. The monoisotopic (exact) mass is 316 g/mol. The summed E-state index contributed by atoms with van der Waals surface area (Å²) in [6, 6.07) is 0. The van der Waals surface area contributed by atoms with E-state index in [1.165, 1.54) is 10.1 Å². The third-order valence-corrected chi connectivity index (χ3v) is 3.82. The molecule has 0 aliphatic carbocycles. The molecule has 0 radical (unpaired) electrons. The van der Waals surface area contributed by atoms with E-state index in [9.17, 15) is 19.8 Å². The molecule has 0 amide bonds. The van der Waals surface area contributed by atoms with E-state index in [0.29, 0.717) is 26.2 Å². The maximum Gasteiger partial charge on any atom is 0.261 e. The number of ketones is 2. The summed E-state index contributed by atoms with van der Waals surface area (Å²) in [5.41, 5.74) is 0. The van der Waals surface area contributed by atoms with E-state index in [1.54, 1.807) is 0 Å². The number of hydrogen-bond donors (Lipinski definition) is 2. The molecule has 2 aliphatic rings. The third kappa shape index (κ3) is 5.08.